The van der Waals surface area contributed by atoms with Gasteiger partial charge in [-0.05, 0) is 44.2 Å². The van der Waals surface area contributed by atoms with Crippen LogP contribution in [0.15, 0.2) is 42.6 Å². The number of esters is 1. The lowest BCUT2D eigenvalue weighted by atomic mass is 10.2. The molecule has 1 heterocycles. The molecular formula is C18H16F3NO5. The molecule has 27 heavy (non-hydrogen) atoms. The van der Waals surface area contributed by atoms with Crippen molar-refractivity contribution in [1.82, 2.24) is 4.98 Å². The first-order valence-electron chi connectivity index (χ1n) is 7.85. The Bertz CT molecular complexity index is 788. The summed E-state index contributed by atoms with van der Waals surface area (Å²) < 4.78 is 53.0. The number of aromatic nitrogens is 1. The standard InChI is InChI=1S/C18H16F3NO5/c1-3-25-17(24)16(11(2)23)27-14-7-5-13(6-8-14)26-15-9-4-12(10-22-15)18(19,20)21/h4-10,16H,3H2,1-2H3. The number of carbonyl (C=O) groups is 2. The molecule has 0 radical (unpaired) electrons. The van der Waals surface area contributed by atoms with E-state index in [4.69, 9.17) is 14.2 Å². The van der Waals surface area contributed by atoms with Crippen LogP contribution >= 0.6 is 0 Å². The molecule has 1 unspecified atom stereocenters. The molecule has 6 nitrogen and oxygen atoms in total. The molecule has 0 spiro atoms. The van der Waals surface area contributed by atoms with Crippen LogP contribution in [0.25, 0.3) is 0 Å². The van der Waals surface area contributed by atoms with Gasteiger partial charge < -0.3 is 14.2 Å². The van der Waals surface area contributed by atoms with Crippen molar-refractivity contribution in [3.63, 3.8) is 0 Å². The SMILES string of the molecule is CCOC(=O)C(Oc1ccc(Oc2ccc(C(F)(F)F)cn2)cc1)C(C)=O. The minimum absolute atomic E-state index is 0.0233. The Hall–Kier alpha value is -3.10. The molecule has 0 aliphatic rings. The zero-order valence-corrected chi connectivity index (χ0v) is 14.4. The van der Waals surface area contributed by atoms with Gasteiger partial charge in [0.2, 0.25) is 5.88 Å². The van der Waals surface area contributed by atoms with E-state index in [1.807, 2.05) is 0 Å². The summed E-state index contributed by atoms with van der Waals surface area (Å²) in [6.45, 7) is 2.92. The van der Waals surface area contributed by atoms with E-state index in [-0.39, 0.29) is 24.0 Å². The van der Waals surface area contributed by atoms with Gasteiger partial charge in [0.25, 0.3) is 6.10 Å². The van der Waals surface area contributed by atoms with Crippen LogP contribution in [0, 0.1) is 0 Å². The van der Waals surface area contributed by atoms with Crippen LogP contribution in [0.3, 0.4) is 0 Å². The summed E-state index contributed by atoms with van der Waals surface area (Å²) in [6.07, 6.45) is -5.19. The van der Waals surface area contributed by atoms with Crippen LogP contribution in [0.4, 0.5) is 13.2 Å². The summed E-state index contributed by atoms with van der Waals surface area (Å²) in [5, 5.41) is 0. The van der Waals surface area contributed by atoms with Crippen LogP contribution in [-0.4, -0.2) is 29.4 Å². The van der Waals surface area contributed by atoms with E-state index < -0.39 is 29.6 Å². The molecule has 144 valence electrons. The second-order valence-corrected chi connectivity index (χ2v) is 5.32. The monoisotopic (exact) mass is 383 g/mol. The van der Waals surface area contributed by atoms with Gasteiger partial charge in [0.05, 0.1) is 12.2 Å². The number of halogens is 3. The minimum Gasteiger partial charge on any atom is -0.471 e. The van der Waals surface area contributed by atoms with Gasteiger partial charge in [-0.2, -0.15) is 13.2 Å². The lowest BCUT2D eigenvalue weighted by molar-refractivity contribution is -0.155. The van der Waals surface area contributed by atoms with Gasteiger partial charge in [-0.25, -0.2) is 9.78 Å². The maximum atomic E-state index is 12.5. The Labute approximate surface area is 152 Å². The second kappa shape index (κ2) is 8.52. The zero-order valence-electron chi connectivity index (χ0n) is 14.4. The highest BCUT2D eigenvalue weighted by Crippen LogP contribution is 2.30. The summed E-state index contributed by atoms with van der Waals surface area (Å²) in [4.78, 5) is 26.8. The summed E-state index contributed by atoms with van der Waals surface area (Å²) in [6, 6.07) is 7.74. The smallest absolute Gasteiger partial charge is 0.417 e. The van der Waals surface area contributed by atoms with Gasteiger partial charge in [0.1, 0.15) is 11.5 Å². The number of rotatable bonds is 7. The number of ketones is 1. The number of pyridine rings is 1. The van der Waals surface area contributed by atoms with Crippen molar-refractivity contribution in [3.05, 3.63) is 48.2 Å². The van der Waals surface area contributed by atoms with Gasteiger partial charge in [-0.1, -0.05) is 0 Å². The molecule has 0 N–H and O–H groups in total. The molecular weight excluding hydrogens is 367 g/mol. The van der Waals surface area contributed by atoms with Crippen molar-refractivity contribution in [2.45, 2.75) is 26.1 Å². The molecule has 1 aromatic carbocycles. The summed E-state index contributed by atoms with van der Waals surface area (Å²) in [7, 11) is 0. The van der Waals surface area contributed by atoms with E-state index >= 15 is 0 Å². The number of Topliss-reactive ketones (excluding diaryl/α,β-unsaturated/α-hetero) is 1. The molecule has 0 amide bonds. The minimum atomic E-state index is -4.48. The first-order valence-corrected chi connectivity index (χ1v) is 7.85. The number of benzene rings is 1. The van der Waals surface area contributed by atoms with E-state index in [1.54, 1.807) is 6.92 Å². The fourth-order valence-corrected chi connectivity index (χ4v) is 1.97. The molecule has 9 heteroatoms. The quantitative estimate of drug-likeness (QED) is 0.535. The first kappa shape index (κ1) is 20.2. The Morgan fingerprint density at radius 2 is 1.70 bits per heavy atom. The van der Waals surface area contributed by atoms with Gasteiger partial charge in [0.15, 0.2) is 5.78 Å². The van der Waals surface area contributed by atoms with E-state index in [0.29, 0.717) is 6.20 Å². The topological polar surface area (TPSA) is 74.7 Å². The number of hydrogen-bond donors (Lipinski definition) is 0. The van der Waals surface area contributed by atoms with Crippen molar-refractivity contribution in [1.29, 1.82) is 0 Å². The molecule has 0 aliphatic carbocycles. The normalized spacial score (nSPS) is 12.2. The molecule has 0 aliphatic heterocycles. The molecule has 0 saturated carbocycles. The molecule has 1 aromatic heterocycles. The molecule has 2 rings (SSSR count). The molecule has 1 atom stereocenters. The van der Waals surface area contributed by atoms with E-state index in [1.165, 1.54) is 31.2 Å². The van der Waals surface area contributed by atoms with Crippen LogP contribution in [-0.2, 0) is 20.5 Å². The van der Waals surface area contributed by atoms with Crippen LogP contribution in [0.5, 0.6) is 17.4 Å². The number of nitrogens with zero attached hydrogens (tertiary/aromatic N) is 1. The molecule has 0 fully saturated rings. The van der Waals surface area contributed by atoms with Crippen molar-refractivity contribution in [2.75, 3.05) is 6.61 Å². The number of alkyl halides is 3. The third-order valence-electron chi connectivity index (χ3n) is 3.23. The van der Waals surface area contributed by atoms with Crippen molar-refractivity contribution >= 4 is 11.8 Å². The van der Waals surface area contributed by atoms with Crippen LogP contribution in [0.1, 0.15) is 19.4 Å². The summed E-state index contributed by atoms with van der Waals surface area (Å²) in [5.41, 5.74) is -0.882. The predicted molar refractivity (Wildman–Crippen MR) is 87.5 cm³/mol. The number of hydrogen-bond acceptors (Lipinski definition) is 6. The average molecular weight is 383 g/mol. The number of carbonyl (C=O) groups excluding carboxylic acids is 2. The maximum absolute atomic E-state index is 12.5. The maximum Gasteiger partial charge on any atom is 0.417 e. The third kappa shape index (κ3) is 5.70. The predicted octanol–water partition coefficient (Wildman–Crippen LogP) is 3.79. The lowest BCUT2D eigenvalue weighted by Crippen LogP contribution is -2.35. The highest BCUT2D eigenvalue weighted by atomic mass is 19.4. The van der Waals surface area contributed by atoms with E-state index in [2.05, 4.69) is 4.98 Å². The third-order valence-corrected chi connectivity index (χ3v) is 3.23. The fraction of sp³-hybridized carbons (Fsp3) is 0.278. The van der Waals surface area contributed by atoms with Gasteiger partial charge in [-0.15, -0.1) is 0 Å². The Morgan fingerprint density at radius 1 is 1.07 bits per heavy atom. The summed E-state index contributed by atoms with van der Waals surface area (Å²) in [5.74, 6) is -0.826. The zero-order chi connectivity index (χ0) is 20.0. The Morgan fingerprint density at radius 3 is 2.19 bits per heavy atom. The van der Waals surface area contributed by atoms with Gasteiger partial charge in [0, 0.05) is 12.3 Å². The molecule has 0 bridgehead atoms. The molecule has 2 aromatic rings. The largest absolute Gasteiger partial charge is 0.471 e. The molecule has 0 saturated heterocycles. The van der Waals surface area contributed by atoms with E-state index in [0.717, 1.165) is 12.1 Å². The van der Waals surface area contributed by atoms with Crippen LogP contribution < -0.4 is 9.47 Å². The first-order chi connectivity index (χ1) is 12.7. The second-order valence-electron chi connectivity index (χ2n) is 5.32. The average Bonchev–Trinajstić information content (AvgIpc) is 2.60. The highest BCUT2D eigenvalue weighted by molar-refractivity contribution is 6.01. The Kier molecular flexibility index (Phi) is 6.38. The van der Waals surface area contributed by atoms with Crippen LogP contribution in [0.2, 0.25) is 0 Å². The Balaban J connectivity index is 2.04. The lowest BCUT2D eigenvalue weighted by Gasteiger charge is -2.15. The van der Waals surface area contributed by atoms with Gasteiger partial charge in [-0.3, -0.25) is 4.79 Å². The highest BCUT2D eigenvalue weighted by Gasteiger charge is 2.30. The summed E-state index contributed by atoms with van der Waals surface area (Å²) >= 11 is 0. The van der Waals surface area contributed by atoms with Crippen molar-refractivity contribution < 1.29 is 37.0 Å². The van der Waals surface area contributed by atoms with Crippen molar-refractivity contribution in [2.24, 2.45) is 0 Å². The fourth-order valence-electron chi connectivity index (χ4n) is 1.97. The van der Waals surface area contributed by atoms with E-state index in [9.17, 15) is 22.8 Å². The van der Waals surface area contributed by atoms with Crippen molar-refractivity contribution in [3.8, 4) is 17.4 Å². The number of ether oxygens (including phenoxy) is 3. The van der Waals surface area contributed by atoms with Gasteiger partial charge >= 0.3 is 12.1 Å².